The number of carbonyl (C=O) groups excluding carboxylic acids is 2. The summed E-state index contributed by atoms with van der Waals surface area (Å²) in [6, 6.07) is 4.21. The third kappa shape index (κ3) is 3.46. The van der Waals surface area contributed by atoms with Crippen LogP contribution in [0.15, 0.2) is 24.3 Å². The van der Waals surface area contributed by atoms with Gasteiger partial charge in [-0.3, -0.25) is 9.59 Å². The Kier molecular flexibility index (Phi) is 5.17. The zero-order valence-corrected chi connectivity index (χ0v) is 13.8. The van der Waals surface area contributed by atoms with Crippen molar-refractivity contribution < 1.29 is 14.3 Å². The molecule has 1 aromatic carbocycles. The molecule has 0 amide bonds. The maximum Gasteiger partial charge on any atom is 0.309 e. The van der Waals surface area contributed by atoms with E-state index in [1.165, 1.54) is 12.7 Å². The molecule has 0 bridgehead atoms. The highest BCUT2D eigenvalue weighted by molar-refractivity contribution is 5.89. The third-order valence-electron chi connectivity index (χ3n) is 4.54. The van der Waals surface area contributed by atoms with E-state index in [1.54, 1.807) is 0 Å². The smallest absolute Gasteiger partial charge is 0.309 e. The standard InChI is InChI=1S/C19H24O3/c1-12-9-13(2)17(14(3)10-12)11-18(20)15-7-5-6-8-16(15)19(21)22-4/h5-6,9-10,15-16H,7-8,11H2,1-4H3/t15-,16-/m0/s1. The van der Waals surface area contributed by atoms with E-state index in [9.17, 15) is 9.59 Å². The summed E-state index contributed by atoms with van der Waals surface area (Å²) in [7, 11) is 1.39. The zero-order valence-electron chi connectivity index (χ0n) is 13.8. The fourth-order valence-corrected chi connectivity index (χ4v) is 3.38. The molecule has 0 aromatic heterocycles. The summed E-state index contributed by atoms with van der Waals surface area (Å²) in [4.78, 5) is 24.7. The van der Waals surface area contributed by atoms with E-state index < -0.39 is 0 Å². The van der Waals surface area contributed by atoms with Gasteiger partial charge in [-0.1, -0.05) is 29.8 Å². The van der Waals surface area contributed by atoms with Crippen molar-refractivity contribution in [3.63, 3.8) is 0 Å². The Morgan fingerprint density at radius 1 is 1.05 bits per heavy atom. The largest absolute Gasteiger partial charge is 0.469 e. The molecule has 0 fully saturated rings. The maximum absolute atomic E-state index is 12.7. The third-order valence-corrected chi connectivity index (χ3v) is 4.54. The van der Waals surface area contributed by atoms with Crippen molar-refractivity contribution >= 4 is 11.8 Å². The molecule has 0 aliphatic heterocycles. The minimum absolute atomic E-state index is 0.134. The quantitative estimate of drug-likeness (QED) is 0.631. The van der Waals surface area contributed by atoms with Crippen LogP contribution in [-0.2, 0) is 20.7 Å². The molecule has 1 aliphatic rings. The van der Waals surface area contributed by atoms with Gasteiger partial charge in [0.25, 0.3) is 0 Å². The molecule has 3 nitrogen and oxygen atoms in total. The van der Waals surface area contributed by atoms with E-state index >= 15 is 0 Å². The number of Topliss-reactive ketones (excluding diaryl/α,β-unsaturated/α-hetero) is 1. The molecule has 2 atom stereocenters. The molecule has 118 valence electrons. The van der Waals surface area contributed by atoms with Crippen molar-refractivity contribution in [1.82, 2.24) is 0 Å². The summed E-state index contributed by atoms with van der Waals surface area (Å²) in [5.74, 6) is -0.749. The van der Waals surface area contributed by atoms with Gasteiger partial charge >= 0.3 is 5.97 Å². The lowest BCUT2D eigenvalue weighted by atomic mass is 9.78. The molecule has 0 heterocycles. The summed E-state index contributed by atoms with van der Waals surface area (Å²) < 4.78 is 4.86. The molecule has 1 aliphatic carbocycles. The summed E-state index contributed by atoms with van der Waals surface area (Å²) in [5.41, 5.74) is 4.59. The fraction of sp³-hybridized carbons (Fsp3) is 0.474. The molecule has 0 saturated heterocycles. The average molecular weight is 300 g/mol. The molecule has 0 unspecified atom stereocenters. The highest BCUT2D eigenvalue weighted by Crippen LogP contribution is 2.29. The van der Waals surface area contributed by atoms with Gasteiger partial charge in [0.2, 0.25) is 0 Å². The SMILES string of the molecule is COC(=O)[C@H]1CC=CC[C@@H]1C(=O)Cc1c(C)cc(C)cc1C. The number of carbonyl (C=O) groups is 2. The van der Waals surface area contributed by atoms with Crippen molar-refractivity contribution in [2.45, 2.75) is 40.0 Å². The first kappa shape index (κ1) is 16.5. The highest BCUT2D eigenvalue weighted by atomic mass is 16.5. The molecule has 3 heteroatoms. The van der Waals surface area contributed by atoms with Crippen LogP contribution in [0.25, 0.3) is 0 Å². The average Bonchev–Trinajstić information content (AvgIpc) is 2.49. The Hall–Kier alpha value is -1.90. The van der Waals surface area contributed by atoms with Crippen molar-refractivity contribution in [2.75, 3.05) is 7.11 Å². The van der Waals surface area contributed by atoms with Crippen LogP contribution in [0.2, 0.25) is 0 Å². The predicted octanol–water partition coefficient (Wildman–Crippen LogP) is 3.48. The first-order valence-electron chi connectivity index (χ1n) is 7.76. The number of esters is 1. The van der Waals surface area contributed by atoms with Gasteiger partial charge in [-0.15, -0.1) is 0 Å². The summed E-state index contributed by atoms with van der Waals surface area (Å²) in [6.45, 7) is 6.15. The lowest BCUT2D eigenvalue weighted by Crippen LogP contribution is -2.33. The summed E-state index contributed by atoms with van der Waals surface area (Å²) in [5, 5.41) is 0. The molecule has 0 spiro atoms. The van der Waals surface area contributed by atoms with E-state index in [4.69, 9.17) is 4.74 Å². The van der Waals surface area contributed by atoms with Crippen molar-refractivity contribution in [2.24, 2.45) is 11.8 Å². The van der Waals surface area contributed by atoms with Gasteiger partial charge in [0.15, 0.2) is 0 Å². The molecule has 22 heavy (non-hydrogen) atoms. The first-order valence-corrected chi connectivity index (χ1v) is 7.76. The Labute approximate surface area is 132 Å². The highest BCUT2D eigenvalue weighted by Gasteiger charge is 2.34. The minimum Gasteiger partial charge on any atom is -0.469 e. The topological polar surface area (TPSA) is 43.4 Å². The van der Waals surface area contributed by atoms with Gasteiger partial charge in [0, 0.05) is 12.3 Å². The minimum atomic E-state index is -0.339. The van der Waals surface area contributed by atoms with Crippen LogP contribution >= 0.6 is 0 Å². The zero-order chi connectivity index (χ0) is 16.3. The molecule has 0 saturated carbocycles. The molecule has 2 rings (SSSR count). The number of hydrogen-bond acceptors (Lipinski definition) is 3. The van der Waals surface area contributed by atoms with E-state index in [0.29, 0.717) is 19.3 Å². The number of hydrogen-bond donors (Lipinski definition) is 0. The molecular formula is C19H24O3. The van der Waals surface area contributed by atoms with Gasteiger partial charge in [0.1, 0.15) is 5.78 Å². The predicted molar refractivity (Wildman–Crippen MR) is 86.7 cm³/mol. The second-order valence-electron chi connectivity index (χ2n) is 6.20. The van der Waals surface area contributed by atoms with Crippen LogP contribution in [-0.4, -0.2) is 18.9 Å². The number of allylic oxidation sites excluding steroid dienone is 2. The summed E-state index contributed by atoms with van der Waals surface area (Å²) in [6.07, 6.45) is 5.58. The number of methoxy groups -OCH3 is 1. The Bertz CT molecular complexity index is 590. The van der Waals surface area contributed by atoms with Crippen molar-refractivity contribution in [3.8, 4) is 0 Å². The Morgan fingerprint density at radius 3 is 2.14 bits per heavy atom. The second kappa shape index (κ2) is 6.91. The van der Waals surface area contributed by atoms with Crippen molar-refractivity contribution in [1.29, 1.82) is 0 Å². The Balaban J connectivity index is 2.21. The fourth-order valence-electron chi connectivity index (χ4n) is 3.38. The monoisotopic (exact) mass is 300 g/mol. The number of aryl methyl sites for hydroxylation is 3. The van der Waals surface area contributed by atoms with E-state index in [1.807, 2.05) is 26.0 Å². The van der Waals surface area contributed by atoms with Gasteiger partial charge in [-0.05, 0) is 50.3 Å². The first-order chi connectivity index (χ1) is 10.4. The van der Waals surface area contributed by atoms with Crippen LogP contribution in [0.4, 0.5) is 0 Å². The lowest BCUT2D eigenvalue weighted by molar-refractivity contribution is -0.150. The van der Waals surface area contributed by atoms with Crippen molar-refractivity contribution in [3.05, 3.63) is 46.5 Å². The maximum atomic E-state index is 12.7. The van der Waals surface area contributed by atoms with E-state index in [0.717, 1.165) is 16.7 Å². The van der Waals surface area contributed by atoms with Gasteiger partial charge < -0.3 is 4.74 Å². The number of ketones is 1. The summed E-state index contributed by atoms with van der Waals surface area (Å²) >= 11 is 0. The van der Waals surface area contributed by atoms with Crippen LogP contribution < -0.4 is 0 Å². The number of benzene rings is 1. The second-order valence-corrected chi connectivity index (χ2v) is 6.20. The number of rotatable bonds is 4. The normalized spacial score (nSPS) is 20.7. The van der Waals surface area contributed by atoms with Crippen LogP contribution in [0.3, 0.4) is 0 Å². The molecule has 1 aromatic rings. The van der Waals surface area contributed by atoms with Gasteiger partial charge in [0.05, 0.1) is 13.0 Å². The lowest BCUT2D eigenvalue weighted by Gasteiger charge is -2.25. The van der Waals surface area contributed by atoms with E-state index in [2.05, 4.69) is 19.1 Å². The molecule has 0 radical (unpaired) electrons. The van der Waals surface area contributed by atoms with Gasteiger partial charge in [-0.2, -0.15) is 0 Å². The molecular weight excluding hydrogens is 276 g/mol. The van der Waals surface area contributed by atoms with Gasteiger partial charge in [-0.25, -0.2) is 0 Å². The van der Waals surface area contributed by atoms with E-state index in [-0.39, 0.29) is 23.6 Å². The van der Waals surface area contributed by atoms with Crippen LogP contribution in [0.1, 0.15) is 35.1 Å². The Morgan fingerprint density at radius 2 is 1.59 bits per heavy atom. The van der Waals surface area contributed by atoms with Crippen LogP contribution in [0.5, 0.6) is 0 Å². The van der Waals surface area contributed by atoms with Crippen LogP contribution in [0, 0.1) is 32.6 Å². The molecule has 0 N–H and O–H groups in total. The number of ether oxygens (including phenoxy) is 1.